The lowest BCUT2D eigenvalue weighted by Crippen LogP contribution is -2.03. The highest BCUT2D eigenvalue weighted by atomic mass is 15.3. The molecule has 0 aliphatic rings. The number of rotatable bonds is 3. The molecule has 0 radical (unpaired) electrons. The third kappa shape index (κ3) is 3.06. The molecule has 0 N–H and O–H groups in total. The maximum atomic E-state index is 4.99. The van der Waals surface area contributed by atoms with Crippen LogP contribution in [-0.4, -0.2) is 20.3 Å². The summed E-state index contributed by atoms with van der Waals surface area (Å²) < 4.78 is 1.80. The van der Waals surface area contributed by atoms with E-state index < -0.39 is 0 Å². The summed E-state index contributed by atoms with van der Waals surface area (Å²) in [6, 6.07) is 22.5. The van der Waals surface area contributed by atoms with Crippen LogP contribution in [0.1, 0.15) is 22.5 Å². The number of hydrogen-bond donors (Lipinski definition) is 0. The summed E-state index contributed by atoms with van der Waals surface area (Å²) in [7, 11) is 0. The normalized spacial score (nSPS) is 10.8. The molecule has 0 amide bonds. The second-order valence-electron chi connectivity index (χ2n) is 6.00. The van der Waals surface area contributed by atoms with E-state index in [4.69, 9.17) is 4.99 Å². The molecule has 0 bridgehead atoms. The van der Waals surface area contributed by atoms with E-state index in [1.54, 1.807) is 4.52 Å². The Balaban J connectivity index is 1.91. The van der Waals surface area contributed by atoms with E-state index in [9.17, 15) is 0 Å². The number of hydrogen-bond acceptors (Lipinski definition) is 3. The Morgan fingerprint density at radius 2 is 1.48 bits per heavy atom. The van der Waals surface area contributed by atoms with Gasteiger partial charge in [-0.2, -0.15) is 5.10 Å². The van der Waals surface area contributed by atoms with Gasteiger partial charge in [0.05, 0.1) is 11.4 Å². The Labute approximate surface area is 146 Å². The van der Waals surface area contributed by atoms with Crippen molar-refractivity contribution in [3.05, 3.63) is 95.4 Å². The smallest absolute Gasteiger partial charge is 0.157 e. The van der Waals surface area contributed by atoms with Gasteiger partial charge in [0.1, 0.15) is 5.82 Å². The zero-order valence-corrected chi connectivity index (χ0v) is 14.2. The summed E-state index contributed by atoms with van der Waals surface area (Å²) in [5.41, 5.74) is 5.90. The zero-order valence-electron chi connectivity index (χ0n) is 14.2. The van der Waals surface area contributed by atoms with Gasteiger partial charge in [-0.1, -0.05) is 60.7 Å². The van der Waals surface area contributed by atoms with E-state index in [0.29, 0.717) is 0 Å². The fraction of sp³-hybridized carbons (Fsp3) is 0.0952. The van der Waals surface area contributed by atoms with Gasteiger partial charge in [-0.25, -0.2) is 14.5 Å². The molecule has 0 aliphatic carbocycles. The molecule has 0 atom stereocenters. The third-order valence-electron chi connectivity index (χ3n) is 4.08. The van der Waals surface area contributed by atoms with Crippen LogP contribution in [0.4, 0.5) is 5.69 Å². The molecular weight excluding hydrogens is 308 g/mol. The highest BCUT2D eigenvalue weighted by Gasteiger charge is 2.09. The van der Waals surface area contributed by atoms with Crippen LogP contribution in [0.15, 0.2) is 77.9 Å². The summed E-state index contributed by atoms with van der Waals surface area (Å²) in [6.45, 7) is 3.94. The van der Waals surface area contributed by atoms with Crippen LogP contribution < -0.4 is 0 Å². The number of aliphatic imine (C=N–C) groups is 1. The first-order chi connectivity index (χ1) is 12.2. The van der Waals surface area contributed by atoms with Crippen LogP contribution in [0.5, 0.6) is 0 Å². The molecule has 0 fully saturated rings. The highest BCUT2D eigenvalue weighted by molar-refractivity contribution is 6.14. The van der Waals surface area contributed by atoms with Crippen LogP contribution in [0, 0.1) is 13.8 Å². The Bertz CT molecular complexity index is 1010. The van der Waals surface area contributed by atoms with Crippen LogP contribution in [-0.2, 0) is 0 Å². The average molecular weight is 326 g/mol. The molecule has 4 heteroatoms. The number of nitrogens with zero attached hydrogens (tertiary/aromatic N) is 4. The third-order valence-corrected chi connectivity index (χ3v) is 4.08. The maximum Gasteiger partial charge on any atom is 0.157 e. The van der Waals surface area contributed by atoms with Crippen molar-refractivity contribution in [1.82, 2.24) is 14.6 Å². The lowest BCUT2D eigenvalue weighted by molar-refractivity contribution is 0.923. The topological polar surface area (TPSA) is 42.5 Å². The predicted octanol–water partition coefficient (Wildman–Crippen LogP) is 4.52. The SMILES string of the molecule is Cc1nc2cc(N=C(c3ccccc3)c3ccccc3)c(C)cn2n1. The average Bonchev–Trinajstić information content (AvgIpc) is 3.00. The second-order valence-corrected chi connectivity index (χ2v) is 6.00. The molecule has 4 rings (SSSR count). The van der Waals surface area contributed by atoms with Crippen molar-refractivity contribution in [3.8, 4) is 0 Å². The second kappa shape index (κ2) is 6.32. The monoisotopic (exact) mass is 326 g/mol. The number of benzene rings is 2. The molecule has 0 saturated carbocycles. The Morgan fingerprint density at radius 3 is 2.08 bits per heavy atom. The van der Waals surface area contributed by atoms with Crippen LogP contribution >= 0.6 is 0 Å². The minimum Gasteiger partial charge on any atom is -0.247 e. The van der Waals surface area contributed by atoms with Gasteiger partial charge < -0.3 is 0 Å². The first-order valence-corrected chi connectivity index (χ1v) is 8.24. The Kier molecular flexibility index (Phi) is 3.86. The fourth-order valence-corrected chi connectivity index (χ4v) is 2.85. The molecule has 2 aromatic heterocycles. The van der Waals surface area contributed by atoms with Gasteiger partial charge in [0.2, 0.25) is 0 Å². The van der Waals surface area contributed by atoms with Crippen molar-refractivity contribution in [2.24, 2.45) is 4.99 Å². The minimum atomic E-state index is 0.756. The standard InChI is InChI=1S/C21H18N4/c1-15-14-25-20(22-16(2)24-25)13-19(15)23-21(17-9-5-3-6-10-17)18-11-7-4-8-12-18/h3-14H,1-2H3. The summed E-state index contributed by atoms with van der Waals surface area (Å²) in [5, 5.41) is 4.37. The lowest BCUT2D eigenvalue weighted by atomic mass is 10.0. The molecule has 0 unspecified atom stereocenters. The van der Waals surface area contributed by atoms with Crippen molar-refractivity contribution >= 4 is 17.0 Å². The van der Waals surface area contributed by atoms with Gasteiger partial charge in [-0.05, 0) is 19.4 Å². The highest BCUT2D eigenvalue weighted by Crippen LogP contribution is 2.23. The largest absolute Gasteiger partial charge is 0.247 e. The van der Waals surface area contributed by atoms with E-state index in [0.717, 1.165) is 39.6 Å². The summed E-state index contributed by atoms with van der Waals surface area (Å²) in [4.78, 5) is 9.44. The molecule has 4 nitrogen and oxygen atoms in total. The van der Waals surface area contributed by atoms with Crippen molar-refractivity contribution in [1.29, 1.82) is 0 Å². The van der Waals surface area contributed by atoms with E-state index in [2.05, 4.69) is 34.3 Å². The molecule has 0 aliphatic heterocycles. The number of aromatic nitrogens is 3. The van der Waals surface area contributed by atoms with Gasteiger partial charge in [0.15, 0.2) is 5.65 Å². The first-order valence-electron chi connectivity index (χ1n) is 8.24. The first kappa shape index (κ1) is 15.3. The Morgan fingerprint density at radius 1 is 0.880 bits per heavy atom. The van der Waals surface area contributed by atoms with Crippen molar-refractivity contribution < 1.29 is 0 Å². The maximum absolute atomic E-state index is 4.99. The molecule has 2 aromatic carbocycles. The van der Waals surface area contributed by atoms with Crippen molar-refractivity contribution in [2.75, 3.05) is 0 Å². The number of pyridine rings is 1. The fourth-order valence-electron chi connectivity index (χ4n) is 2.85. The van der Waals surface area contributed by atoms with E-state index in [-0.39, 0.29) is 0 Å². The zero-order chi connectivity index (χ0) is 17.2. The molecule has 4 aromatic rings. The molecular formula is C21H18N4. The van der Waals surface area contributed by atoms with E-state index >= 15 is 0 Å². The number of fused-ring (bicyclic) bond motifs is 1. The van der Waals surface area contributed by atoms with Gasteiger partial charge >= 0.3 is 0 Å². The van der Waals surface area contributed by atoms with E-state index in [1.165, 1.54) is 0 Å². The van der Waals surface area contributed by atoms with Gasteiger partial charge in [-0.15, -0.1) is 0 Å². The van der Waals surface area contributed by atoms with Gasteiger partial charge in [-0.3, -0.25) is 0 Å². The summed E-state index contributed by atoms with van der Waals surface area (Å²) >= 11 is 0. The van der Waals surface area contributed by atoms with Gasteiger partial charge in [0.25, 0.3) is 0 Å². The molecule has 2 heterocycles. The summed E-state index contributed by atoms with van der Waals surface area (Å²) in [6.07, 6.45) is 1.97. The minimum absolute atomic E-state index is 0.756. The van der Waals surface area contributed by atoms with Crippen molar-refractivity contribution in [2.45, 2.75) is 13.8 Å². The van der Waals surface area contributed by atoms with Crippen LogP contribution in [0.3, 0.4) is 0 Å². The Hall–Kier alpha value is -3.27. The molecule has 122 valence electrons. The molecule has 0 spiro atoms. The molecule has 0 saturated heterocycles. The van der Waals surface area contributed by atoms with Crippen LogP contribution in [0.2, 0.25) is 0 Å². The predicted molar refractivity (Wildman–Crippen MR) is 101 cm³/mol. The lowest BCUT2D eigenvalue weighted by Gasteiger charge is -2.09. The van der Waals surface area contributed by atoms with Crippen molar-refractivity contribution in [3.63, 3.8) is 0 Å². The van der Waals surface area contributed by atoms with E-state index in [1.807, 2.05) is 62.5 Å². The summed E-state index contributed by atoms with van der Waals surface area (Å²) in [5.74, 6) is 0.756. The number of aryl methyl sites for hydroxylation is 2. The van der Waals surface area contributed by atoms with Crippen LogP contribution in [0.25, 0.3) is 5.65 Å². The quantitative estimate of drug-likeness (QED) is 0.520. The molecule has 25 heavy (non-hydrogen) atoms. The van der Waals surface area contributed by atoms with Gasteiger partial charge in [0, 0.05) is 23.4 Å².